The number of rotatable bonds is 6. The Bertz CT molecular complexity index is 297. The van der Waals surface area contributed by atoms with Crippen LogP contribution in [0.4, 0.5) is 10.1 Å². The highest BCUT2D eigenvalue weighted by atomic mass is 19.1. The highest BCUT2D eigenvalue weighted by Crippen LogP contribution is 2.15. The van der Waals surface area contributed by atoms with Crippen LogP contribution in [0.5, 0.6) is 0 Å². The molecule has 1 aromatic carbocycles. The van der Waals surface area contributed by atoms with Gasteiger partial charge in [0.2, 0.25) is 0 Å². The van der Waals surface area contributed by atoms with Gasteiger partial charge < -0.3 is 5.32 Å². The van der Waals surface area contributed by atoms with Crippen LogP contribution in [0.3, 0.4) is 0 Å². The third kappa shape index (κ3) is 4.32. The van der Waals surface area contributed by atoms with Crippen molar-refractivity contribution in [2.75, 3.05) is 11.9 Å². The lowest BCUT2D eigenvalue weighted by Crippen LogP contribution is -2.03. The number of unbranched alkanes of at least 4 members (excludes halogenated alkanes) is 3. The molecule has 0 spiro atoms. The maximum absolute atomic E-state index is 13.3. The molecule has 0 saturated heterocycles. The van der Waals surface area contributed by atoms with Crippen molar-refractivity contribution in [3.05, 3.63) is 29.6 Å². The van der Waals surface area contributed by atoms with Crippen LogP contribution in [0, 0.1) is 12.7 Å². The molecule has 0 aromatic heterocycles. The lowest BCUT2D eigenvalue weighted by molar-refractivity contribution is 0.627. The van der Waals surface area contributed by atoms with Crippen molar-refractivity contribution in [3.8, 4) is 0 Å². The van der Waals surface area contributed by atoms with Crippen molar-refractivity contribution >= 4 is 5.69 Å². The van der Waals surface area contributed by atoms with E-state index in [4.69, 9.17) is 0 Å². The van der Waals surface area contributed by atoms with Crippen LogP contribution in [0.1, 0.15) is 38.2 Å². The average molecular weight is 209 g/mol. The number of hydrogen-bond donors (Lipinski definition) is 1. The summed E-state index contributed by atoms with van der Waals surface area (Å²) in [6, 6.07) is 5.16. The predicted octanol–water partition coefficient (Wildman–Crippen LogP) is 4.13. The molecule has 1 N–H and O–H groups in total. The number of anilines is 1. The molecule has 15 heavy (non-hydrogen) atoms. The third-order valence-corrected chi connectivity index (χ3v) is 2.47. The van der Waals surface area contributed by atoms with Gasteiger partial charge in [-0.1, -0.05) is 32.3 Å². The van der Waals surface area contributed by atoms with Gasteiger partial charge in [-0.05, 0) is 31.0 Å². The maximum atomic E-state index is 13.3. The summed E-state index contributed by atoms with van der Waals surface area (Å²) in [5.74, 6) is -0.156. The van der Waals surface area contributed by atoms with Gasteiger partial charge in [-0.15, -0.1) is 0 Å². The molecule has 1 nitrogen and oxygen atoms in total. The molecule has 0 bridgehead atoms. The molecule has 0 aliphatic rings. The average Bonchev–Trinajstić information content (AvgIpc) is 2.23. The summed E-state index contributed by atoms with van der Waals surface area (Å²) in [6.07, 6.45) is 4.83. The van der Waals surface area contributed by atoms with Crippen molar-refractivity contribution in [1.29, 1.82) is 0 Å². The normalized spacial score (nSPS) is 10.3. The molecule has 84 valence electrons. The first-order chi connectivity index (χ1) is 7.24. The Morgan fingerprint density at radius 3 is 2.73 bits per heavy atom. The lowest BCUT2D eigenvalue weighted by Gasteiger charge is -2.07. The topological polar surface area (TPSA) is 12.0 Å². The molecule has 0 radical (unpaired) electrons. The van der Waals surface area contributed by atoms with E-state index in [1.54, 1.807) is 6.07 Å². The van der Waals surface area contributed by atoms with Gasteiger partial charge in [-0.2, -0.15) is 0 Å². The minimum absolute atomic E-state index is 0.156. The van der Waals surface area contributed by atoms with Crippen LogP contribution >= 0.6 is 0 Å². The van der Waals surface area contributed by atoms with Crippen LogP contribution < -0.4 is 5.32 Å². The minimum Gasteiger partial charge on any atom is -0.383 e. The van der Waals surface area contributed by atoms with E-state index in [0.29, 0.717) is 5.69 Å². The maximum Gasteiger partial charge on any atom is 0.146 e. The molecule has 0 fully saturated rings. The fraction of sp³-hybridized carbons (Fsp3) is 0.538. The van der Waals surface area contributed by atoms with Crippen molar-refractivity contribution in [2.24, 2.45) is 0 Å². The standard InChI is InChI=1S/C13H20FN/c1-3-4-5-6-9-15-13-10-11(2)7-8-12(13)14/h7-8,10,15H,3-6,9H2,1-2H3. The van der Waals surface area contributed by atoms with E-state index in [9.17, 15) is 4.39 Å². The molecule has 0 aliphatic heterocycles. The Balaban J connectivity index is 2.33. The zero-order valence-corrected chi connectivity index (χ0v) is 9.65. The van der Waals surface area contributed by atoms with E-state index in [-0.39, 0.29) is 5.82 Å². The van der Waals surface area contributed by atoms with Crippen LogP contribution in [0.15, 0.2) is 18.2 Å². The second-order valence-corrected chi connectivity index (χ2v) is 3.97. The summed E-state index contributed by atoms with van der Waals surface area (Å²) < 4.78 is 13.3. The Morgan fingerprint density at radius 1 is 1.20 bits per heavy atom. The smallest absolute Gasteiger partial charge is 0.146 e. The Kier molecular flexibility index (Phi) is 5.16. The number of halogens is 1. The largest absolute Gasteiger partial charge is 0.383 e. The molecule has 2 heteroatoms. The van der Waals surface area contributed by atoms with Crippen LogP contribution in [0.2, 0.25) is 0 Å². The molecule has 0 aliphatic carbocycles. The molecule has 0 saturated carbocycles. The first-order valence-corrected chi connectivity index (χ1v) is 5.74. The van der Waals surface area contributed by atoms with Crippen molar-refractivity contribution < 1.29 is 4.39 Å². The lowest BCUT2D eigenvalue weighted by atomic mass is 10.2. The van der Waals surface area contributed by atoms with Crippen molar-refractivity contribution in [2.45, 2.75) is 39.5 Å². The third-order valence-electron chi connectivity index (χ3n) is 2.47. The SMILES string of the molecule is CCCCCCNc1cc(C)ccc1F. The number of benzene rings is 1. The van der Waals surface area contributed by atoms with Gasteiger partial charge in [0.15, 0.2) is 0 Å². The van der Waals surface area contributed by atoms with Gasteiger partial charge in [0.05, 0.1) is 5.69 Å². The summed E-state index contributed by atoms with van der Waals surface area (Å²) >= 11 is 0. The zero-order valence-electron chi connectivity index (χ0n) is 9.65. The summed E-state index contributed by atoms with van der Waals surface area (Å²) in [6.45, 7) is 5.02. The van der Waals surface area contributed by atoms with Gasteiger partial charge >= 0.3 is 0 Å². The van der Waals surface area contributed by atoms with E-state index in [1.807, 2.05) is 13.0 Å². The Hall–Kier alpha value is -1.05. The van der Waals surface area contributed by atoms with Gasteiger partial charge in [0, 0.05) is 6.54 Å². The molecular weight excluding hydrogens is 189 g/mol. The molecule has 1 rings (SSSR count). The van der Waals surface area contributed by atoms with Gasteiger partial charge in [0.1, 0.15) is 5.82 Å². The van der Waals surface area contributed by atoms with E-state index in [2.05, 4.69) is 12.2 Å². The zero-order chi connectivity index (χ0) is 11.1. The number of nitrogens with one attached hydrogen (secondary N) is 1. The van der Waals surface area contributed by atoms with Crippen molar-refractivity contribution in [1.82, 2.24) is 0 Å². The highest BCUT2D eigenvalue weighted by molar-refractivity contribution is 5.46. The van der Waals surface area contributed by atoms with Crippen molar-refractivity contribution in [3.63, 3.8) is 0 Å². The van der Waals surface area contributed by atoms with Gasteiger partial charge in [-0.3, -0.25) is 0 Å². The molecular formula is C13H20FN. The fourth-order valence-corrected chi connectivity index (χ4v) is 1.55. The summed E-state index contributed by atoms with van der Waals surface area (Å²) in [5.41, 5.74) is 1.72. The second kappa shape index (κ2) is 6.44. The highest BCUT2D eigenvalue weighted by Gasteiger charge is 2.00. The number of aryl methyl sites for hydroxylation is 1. The monoisotopic (exact) mass is 209 g/mol. The molecule has 0 atom stereocenters. The fourth-order valence-electron chi connectivity index (χ4n) is 1.55. The summed E-state index contributed by atoms with van der Waals surface area (Å²) in [7, 11) is 0. The Morgan fingerprint density at radius 2 is 2.00 bits per heavy atom. The van der Waals surface area contributed by atoms with Crippen LogP contribution in [-0.4, -0.2) is 6.54 Å². The van der Waals surface area contributed by atoms with Crippen LogP contribution in [-0.2, 0) is 0 Å². The first-order valence-electron chi connectivity index (χ1n) is 5.74. The van der Waals surface area contributed by atoms with E-state index >= 15 is 0 Å². The molecule has 0 amide bonds. The molecule has 0 heterocycles. The molecule has 0 unspecified atom stereocenters. The van der Waals surface area contributed by atoms with Gasteiger partial charge in [-0.25, -0.2) is 4.39 Å². The van der Waals surface area contributed by atoms with E-state index < -0.39 is 0 Å². The first kappa shape index (κ1) is 12.0. The van der Waals surface area contributed by atoms with Gasteiger partial charge in [0.25, 0.3) is 0 Å². The summed E-state index contributed by atoms with van der Waals surface area (Å²) in [4.78, 5) is 0. The summed E-state index contributed by atoms with van der Waals surface area (Å²) in [5, 5.41) is 3.14. The van der Waals surface area contributed by atoms with E-state index in [1.165, 1.54) is 25.3 Å². The second-order valence-electron chi connectivity index (χ2n) is 3.97. The predicted molar refractivity (Wildman–Crippen MR) is 63.8 cm³/mol. The van der Waals surface area contributed by atoms with E-state index in [0.717, 1.165) is 18.5 Å². The number of hydrogen-bond acceptors (Lipinski definition) is 1. The quantitative estimate of drug-likeness (QED) is 0.695. The Labute approximate surface area is 91.7 Å². The molecule has 1 aromatic rings. The van der Waals surface area contributed by atoms with Crippen LogP contribution in [0.25, 0.3) is 0 Å². The minimum atomic E-state index is -0.156.